The number of carbonyl (C=O) groups is 1. The highest BCUT2D eigenvalue weighted by Gasteiger charge is 2.02. The molecule has 0 bridgehead atoms. The zero-order valence-electron chi connectivity index (χ0n) is 17.8. The van der Waals surface area contributed by atoms with Crippen molar-refractivity contribution in [2.24, 2.45) is 5.16 Å². The van der Waals surface area contributed by atoms with E-state index < -0.39 is 5.97 Å². The molecule has 0 unspecified atom stereocenters. The Bertz CT molecular complexity index is 981. The van der Waals surface area contributed by atoms with Crippen LogP contribution in [0, 0.1) is 0 Å². The minimum atomic E-state index is -0.757. The average molecular weight is 417 g/mol. The van der Waals surface area contributed by atoms with E-state index in [1.807, 2.05) is 49.4 Å². The first-order valence-corrected chi connectivity index (χ1v) is 10.4. The first-order chi connectivity index (χ1) is 15.1. The highest BCUT2D eigenvalue weighted by atomic mass is 16.6. The molecule has 0 heterocycles. The highest BCUT2D eigenvalue weighted by molar-refractivity contribution is 5.98. The molecule has 3 rings (SSSR count). The topological polar surface area (TPSA) is 70.9 Å². The number of carboxylic acids is 1. The molecule has 160 valence electrons. The first-order valence-electron chi connectivity index (χ1n) is 10.4. The third-order valence-corrected chi connectivity index (χ3v) is 4.94. The molecule has 0 radical (unpaired) electrons. The summed E-state index contributed by atoms with van der Waals surface area (Å²) in [5, 5.41) is 16.1. The maximum Gasteiger partial charge on any atom is 0.303 e. The molecular formula is C26H28N2O3. The Balaban J connectivity index is 1.45. The Kier molecular flexibility index (Phi) is 8.38. The predicted molar refractivity (Wildman–Crippen MR) is 124 cm³/mol. The van der Waals surface area contributed by atoms with Gasteiger partial charge in [-0.15, -0.1) is 0 Å². The van der Waals surface area contributed by atoms with Gasteiger partial charge in [0, 0.05) is 13.0 Å². The lowest BCUT2D eigenvalue weighted by Crippen LogP contribution is -2.15. The summed E-state index contributed by atoms with van der Waals surface area (Å²) in [6, 6.07) is 26.7. The Labute approximate surface area is 183 Å². The molecule has 0 aliphatic carbocycles. The van der Waals surface area contributed by atoms with Crippen molar-refractivity contribution < 1.29 is 14.7 Å². The summed E-state index contributed by atoms with van der Waals surface area (Å²) in [4.78, 5) is 16.1. The largest absolute Gasteiger partial charge is 0.481 e. The van der Waals surface area contributed by atoms with E-state index in [0.29, 0.717) is 26.1 Å². The van der Waals surface area contributed by atoms with Gasteiger partial charge in [0.05, 0.1) is 5.71 Å². The molecule has 0 saturated heterocycles. The molecule has 31 heavy (non-hydrogen) atoms. The van der Waals surface area contributed by atoms with Crippen molar-refractivity contribution in [3.8, 4) is 11.1 Å². The molecule has 0 amide bonds. The van der Waals surface area contributed by atoms with Crippen LogP contribution in [-0.2, 0) is 22.8 Å². The van der Waals surface area contributed by atoms with Crippen LogP contribution < -0.4 is 5.32 Å². The number of benzene rings is 3. The summed E-state index contributed by atoms with van der Waals surface area (Å²) in [6.07, 6.45) is 0.824. The molecule has 0 fully saturated rings. The molecule has 2 N–H and O–H groups in total. The molecule has 0 aliphatic heterocycles. The van der Waals surface area contributed by atoms with Gasteiger partial charge in [-0.1, -0.05) is 84.0 Å². The molecule has 0 spiro atoms. The van der Waals surface area contributed by atoms with E-state index in [2.05, 4.69) is 46.9 Å². The summed E-state index contributed by atoms with van der Waals surface area (Å²) in [7, 11) is 0. The summed E-state index contributed by atoms with van der Waals surface area (Å²) in [5.74, 6) is -0.757. The van der Waals surface area contributed by atoms with Crippen molar-refractivity contribution in [3.05, 3.63) is 95.6 Å². The van der Waals surface area contributed by atoms with Gasteiger partial charge in [0.2, 0.25) is 0 Å². The van der Waals surface area contributed by atoms with Crippen LogP contribution in [0.5, 0.6) is 0 Å². The molecule has 5 nitrogen and oxygen atoms in total. The highest BCUT2D eigenvalue weighted by Crippen LogP contribution is 2.19. The van der Waals surface area contributed by atoms with Crippen LogP contribution in [-0.4, -0.2) is 23.3 Å². The smallest absolute Gasteiger partial charge is 0.303 e. The van der Waals surface area contributed by atoms with Crippen molar-refractivity contribution in [1.82, 2.24) is 5.32 Å². The molecule has 0 saturated carbocycles. The molecular weight excluding hydrogens is 388 g/mol. The van der Waals surface area contributed by atoms with Gasteiger partial charge in [-0.3, -0.25) is 4.79 Å². The fraction of sp³-hybridized carbons (Fsp3) is 0.231. The standard InChI is InChI=1S/C26H28N2O3/c1-20(23-13-9-21(10-14-23)18-27-17-5-8-26(29)30)28-31-19-22-11-15-25(16-12-22)24-6-3-2-4-7-24/h2-4,6-7,9-16,27H,5,8,17-19H2,1H3,(H,29,30). The lowest BCUT2D eigenvalue weighted by Gasteiger charge is -2.07. The van der Waals surface area contributed by atoms with E-state index >= 15 is 0 Å². The maximum absolute atomic E-state index is 10.5. The van der Waals surface area contributed by atoms with Gasteiger partial charge in [0.1, 0.15) is 6.61 Å². The van der Waals surface area contributed by atoms with Crippen molar-refractivity contribution >= 4 is 11.7 Å². The molecule has 3 aromatic rings. The second-order valence-electron chi connectivity index (χ2n) is 7.38. The van der Waals surface area contributed by atoms with Crippen molar-refractivity contribution in [2.45, 2.75) is 32.9 Å². The Morgan fingerprint density at radius 2 is 1.55 bits per heavy atom. The first kappa shape index (κ1) is 22.2. The number of hydrogen-bond donors (Lipinski definition) is 2. The molecule has 0 atom stereocenters. The minimum Gasteiger partial charge on any atom is -0.481 e. The Hall–Kier alpha value is -3.44. The zero-order chi connectivity index (χ0) is 21.9. The van der Waals surface area contributed by atoms with Crippen molar-refractivity contribution in [1.29, 1.82) is 0 Å². The third-order valence-electron chi connectivity index (χ3n) is 4.94. The van der Waals surface area contributed by atoms with Crippen molar-refractivity contribution in [2.75, 3.05) is 6.54 Å². The molecule has 3 aromatic carbocycles. The normalized spacial score (nSPS) is 11.3. The molecule has 0 aromatic heterocycles. The summed E-state index contributed by atoms with van der Waals surface area (Å²) >= 11 is 0. The van der Waals surface area contributed by atoms with Gasteiger partial charge in [-0.05, 0) is 47.7 Å². The number of nitrogens with zero attached hydrogens (tertiary/aromatic N) is 1. The lowest BCUT2D eigenvalue weighted by atomic mass is 10.0. The van der Waals surface area contributed by atoms with E-state index in [9.17, 15) is 4.79 Å². The van der Waals surface area contributed by atoms with E-state index in [1.54, 1.807) is 0 Å². The summed E-state index contributed by atoms with van der Waals surface area (Å²) in [6.45, 7) is 3.75. The third kappa shape index (κ3) is 7.39. The fourth-order valence-corrected chi connectivity index (χ4v) is 3.14. The monoisotopic (exact) mass is 416 g/mol. The van der Waals surface area contributed by atoms with Crippen LogP contribution in [0.25, 0.3) is 11.1 Å². The zero-order valence-corrected chi connectivity index (χ0v) is 17.8. The number of nitrogens with one attached hydrogen (secondary N) is 1. The summed E-state index contributed by atoms with van der Waals surface area (Å²) < 4.78 is 0. The fourth-order valence-electron chi connectivity index (χ4n) is 3.14. The predicted octanol–water partition coefficient (Wildman–Crippen LogP) is 5.25. The van der Waals surface area contributed by atoms with Gasteiger partial charge < -0.3 is 15.3 Å². The van der Waals surface area contributed by atoms with Gasteiger partial charge in [-0.25, -0.2) is 0 Å². The van der Waals surface area contributed by atoms with Crippen molar-refractivity contribution in [3.63, 3.8) is 0 Å². The van der Waals surface area contributed by atoms with Crippen LogP contribution in [0.15, 0.2) is 84.0 Å². The van der Waals surface area contributed by atoms with Crippen LogP contribution >= 0.6 is 0 Å². The summed E-state index contributed by atoms with van der Waals surface area (Å²) in [5.41, 5.74) is 6.42. The van der Waals surface area contributed by atoms with E-state index in [0.717, 1.165) is 22.4 Å². The van der Waals surface area contributed by atoms with Crippen LogP contribution in [0.2, 0.25) is 0 Å². The Morgan fingerprint density at radius 3 is 2.23 bits per heavy atom. The van der Waals surface area contributed by atoms with Gasteiger partial charge in [0.25, 0.3) is 0 Å². The maximum atomic E-state index is 10.5. The van der Waals surface area contributed by atoms with Gasteiger partial charge >= 0.3 is 5.97 Å². The second kappa shape index (κ2) is 11.7. The molecule has 5 heteroatoms. The average Bonchev–Trinajstić information content (AvgIpc) is 2.80. The van der Waals surface area contributed by atoms with Crippen LogP contribution in [0.3, 0.4) is 0 Å². The van der Waals surface area contributed by atoms with Gasteiger partial charge in [-0.2, -0.15) is 0 Å². The lowest BCUT2D eigenvalue weighted by molar-refractivity contribution is -0.137. The SMILES string of the molecule is CC(=NOCc1ccc(-c2ccccc2)cc1)c1ccc(CNCCCC(=O)O)cc1. The number of oxime groups is 1. The van der Waals surface area contributed by atoms with Gasteiger partial charge in [0.15, 0.2) is 0 Å². The number of aliphatic carboxylic acids is 1. The number of hydrogen-bond acceptors (Lipinski definition) is 4. The second-order valence-corrected chi connectivity index (χ2v) is 7.38. The number of carboxylic acid groups (broad SMARTS) is 1. The van der Waals surface area contributed by atoms with Crippen LogP contribution in [0.4, 0.5) is 0 Å². The van der Waals surface area contributed by atoms with E-state index in [4.69, 9.17) is 9.94 Å². The van der Waals surface area contributed by atoms with Crippen LogP contribution in [0.1, 0.15) is 36.5 Å². The van der Waals surface area contributed by atoms with E-state index in [1.165, 1.54) is 11.1 Å². The minimum absolute atomic E-state index is 0.193. The number of rotatable bonds is 11. The Morgan fingerprint density at radius 1 is 0.903 bits per heavy atom. The van der Waals surface area contributed by atoms with E-state index in [-0.39, 0.29) is 6.42 Å². The quantitative estimate of drug-likeness (QED) is 0.254. The molecule has 0 aliphatic rings.